The Morgan fingerprint density at radius 2 is 2.36 bits per heavy atom. The van der Waals surface area contributed by atoms with Gasteiger partial charge >= 0.3 is 0 Å². The largest absolute Gasteiger partial charge is 0.505 e. The molecule has 0 unspecified atom stereocenters. The molecule has 0 fully saturated rings. The molecule has 2 rings (SSSR count). The molecule has 0 saturated carbocycles. The second kappa shape index (κ2) is 3.52. The second-order valence-corrected chi connectivity index (χ2v) is 4.51. The quantitative estimate of drug-likeness (QED) is 0.752. The van der Waals surface area contributed by atoms with Crippen LogP contribution >= 0.6 is 23.1 Å². The van der Waals surface area contributed by atoms with Crippen LogP contribution in [0.2, 0.25) is 0 Å². The molecule has 0 aliphatic carbocycles. The summed E-state index contributed by atoms with van der Waals surface area (Å²) < 4.78 is 0.799. The Morgan fingerprint density at radius 1 is 1.57 bits per heavy atom. The summed E-state index contributed by atoms with van der Waals surface area (Å²) in [6.07, 6.45) is 1.88. The van der Waals surface area contributed by atoms with Gasteiger partial charge in [0.1, 0.15) is 5.75 Å². The topological polar surface area (TPSA) is 44.0 Å². The predicted octanol–water partition coefficient (Wildman–Crippen LogP) is 3.20. The molecule has 0 spiro atoms. The zero-order valence-corrected chi connectivity index (χ0v) is 9.08. The molecule has 0 aliphatic rings. The van der Waals surface area contributed by atoms with Crippen molar-refractivity contribution in [3.63, 3.8) is 0 Å². The molecule has 1 N–H and O–H groups in total. The Morgan fingerprint density at radius 3 is 3.00 bits per heavy atom. The monoisotopic (exact) mass is 221 g/mol. The van der Waals surface area contributed by atoms with E-state index in [1.807, 2.05) is 17.7 Å². The summed E-state index contributed by atoms with van der Waals surface area (Å²) >= 11 is 2.91. The highest BCUT2D eigenvalue weighted by Crippen LogP contribution is 2.39. The molecule has 0 aliphatic heterocycles. The first-order valence-corrected chi connectivity index (χ1v) is 6.05. The normalized spacial score (nSPS) is 10.3. The van der Waals surface area contributed by atoms with E-state index >= 15 is 0 Å². The highest BCUT2D eigenvalue weighted by Gasteiger charge is 2.11. The van der Waals surface area contributed by atoms with Gasteiger partial charge in [-0.2, -0.15) is 5.26 Å². The highest BCUT2D eigenvalue weighted by molar-refractivity contribution is 7.98. The van der Waals surface area contributed by atoms with Crippen molar-refractivity contribution in [1.29, 1.82) is 5.26 Å². The Kier molecular flexibility index (Phi) is 2.36. The second-order valence-electron chi connectivity index (χ2n) is 2.75. The summed E-state index contributed by atoms with van der Waals surface area (Å²) in [6, 6.07) is 5.73. The minimum absolute atomic E-state index is 0.293. The lowest BCUT2D eigenvalue weighted by molar-refractivity contribution is 0.470. The van der Waals surface area contributed by atoms with E-state index in [9.17, 15) is 5.11 Å². The van der Waals surface area contributed by atoms with E-state index in [2.05, 4.69) is 6.07 Å². The number of thiophene rings is 1. The summed E-state index contributed by atoms with van der Waals surface area (Å²) in [5.74, 6) is 0.293. The van der Waals surface area contributed by atoms with E-state index in [0.717, 1.165) is 15.0 Å². The van der Waals surface area contributed by atoms with Crippen LogP contribution in [0.4, 0.5) is 0 Å². The van der Waals surface area contributed by atoms with E-state index in [-0.39, 0.29) is 0 Å². The molecule has 1 aromatic carbocycles. The standard InChI is InChI=1S/C10H7NOS2/c1-13-8-4-6(5-11)7-2-3-14-10(7)9(8)12/h2-4,12H,1H3. The first-order chi connectivity index (χ1) is 6.77. The number of hydrogen-bond donors (Lipinski definition) is 1. The molecule has 1 aromatic heterocycles. The van der Waals surface area contributed by atoms with E-state index in [4.69, 9.17) is 5.26 Å². The van der Waals surface area contributed by atoms with Crippen molar-refractivity contribution in [2.24, 2.45) is 0 Å². The number of hydrogen-bond acceptors (Lipinski definition) is 4. The van der Waals surface area contributed by atoms with Gasteiger partial charge in [0.05, 0.1) is 21.2 Å². The van der Waals surface area contributed by atoms with Gasteiger partial charge in [0.25, 0.3) is 0 Å². The zero-order valence-electron chi connectivity index (χ0n) is 7.44. The van der Waals surface area contributed by atoms with Crippen molar-refractivity contribution in [1.82, 2.24) is 0 Å². The van der Waals surface area contributed by atoms with Gasteiger partial charge in [-0.1, -0.05) is 0 Å². The molecule has 1 heterocycles. The highest BCUT2D eigenvalue weighted by atomic mass is 32.2. The van der Waals surface area contributed by atoms with Gasteiger partial charge in [-0.25, -0.2) is 0 Å². The van der Waals surface area contributed by atoms with Crippen molar-refractivity contribution < 1.29 is 5.11 Å². The lowest BCUT2D eigenvalue weighted by atomic mass is 10.1. The minimum atomic E-state index is 0.293. The van der Waals surface area contributed by atoms with Crippen LogP contribution in [0.1, 0.15) is 5.56 Å². The third-order valence-corrected chi connectivity index (χ3v) is 3.69. The van der Waals surface area contributed by atoms with Crippen molar-refractivity contribution in [2.45, 2.75) is 4.90 Å². The third-order valence-electron chi connectivity index (χ3n) is 2.02. The molecule has 0 amide bonds. The molecular formula is C10H7NOS2. The van der Waals surface area contributed by atoms with Crippen LogP contribution in [0.15, 0.2) is 22.4 Å². The average molecular weight is 221 g/mol. The van der Waals surface area contributed by atoms with Gasteiger partial charge < -0.3 is 5.11 Å². The summed E-state index contributed by atoms with van der Waals surface area (Å²) in [5, 5.41) is 21.5. The van der Waals surface area contributed by atoms with E-state index in [1.54, 1.807) is 6.07 Å². The van der Waals surface area contributed by atoms with Crippen LogP contribution in [-0.2, 0) is 0 Å². The Labute approximate surface area is 89.8 Å². The van der Waals surface area contributed by atoms with Gasteiger partial charge in [-0.05, 0) is 23.8 Å². The fourth-order valence-electron chi connectivity index (χ4n) is 1.34. The van der Waals surface area contributed by atoms with Crippen molar-refractivity contribution in [3.8, 4) is 11.8 Å². The summed E-state index contributed by atoms with van der Waals surface area (Å²) in [6.45, 7) is 0. The lowest BCUT2D eigenvalue weighted by Gasteiger charge is -2.03. The molecule has 14 heavy (non-hydrogen) atoms. The van der Waals surface area contributed by atoms with Gasteiger partial charge in [-0.3, -0.25) is 0 Å². The van der Waals surface area contributed by atoms with Crippen molar-refractivity contribution in [2.75, 3.05) is 6.26 Å². The van der Waals surface area contributed by atoms with Gasteiger partial charge in [-0.15, -0.1) is 23.1 Å². The number of phenols is 1. The fourth-order valence-corrected chi connectivity index (χ4v) is 2.80. The maximum atomic E-state index is 9.84. The smallest absolute Gasteiger partial charge is 0.146 e. The molecule has 0 saturated heterocycles. The summed E-state index contributed by atoms with van der Waals surface area (Å²) in [4.78, 5) is 0.761. The van der Waals surface area contributed by atoms with Crippen LogP contribution in [0.25, 0.3) is 10.1 Å². The molecular weight excluding hydrogens is 214 g/mol. The van der Waals surface area contributed by atoms with Gasteiger partial charge in [0, 0.05) is 5.39 Å². The van der Waals surface area contributed by atoms with Crippen LogP contribution in [0.3, 0.4) is 0 Å². The number of aromatic hydroxyl groups is 1. The van der Waals surface area contributed by atoms with Crippen LogP contribution in [-0.4, -0.2) is 11.4 Å². The summed E-state index contributed by atoms with van der Waals surface area (Å²) in [5.41, 5.74) is 0.628. The molecule has 0 radical (unpaired) electrons. The maximum absolute atomic E-state index is 9.84. The first kappa shape index (κ1) is 9.38. The van der Waals surface area contributed by atoms with E-state index < -0.39 is 0 Å². The van der Waals surface area contributed by atoms with E-state index in [1.165, 1.54) is 23.1 Å². The molecule has 4 heteroatoms. The molecule has 0 atom stereocenters. The molecule has 2 aromatic rings. The maximum Gasteiger partial charge on any atom is 0.146 e. The predicted molar refractivity (Wildman–Crippen MR) is 60.0 cm³/mol. The average Bonchev–Trinajstić information content (AvgIpc) is 2.68. The number of rotatable bonds is 1. The van der Waals surface area contributed by atoms with E-state index in [0.29, 0.717) is 11.3 Å². The van der Waals surface area contributed by atoms with Crippen molar-refractivity contribution >= 4 is 33.2 Å². The number of nitriles is 1. The number of thioether (sulfide) groups is 1. The lowest BCUT2D eigenvalue weighted by Crippen LogP contribution is -1.79. The van der Waals surface area contributed by atoms with Gasteiger partial charge in [0.15, 0.2) is 0 Å². The zero-order chi connectivity index (χ0) is 10.1. The van der Waals surface area contributed by atoms with Gasteiger partial charge in [0.2, 0.25) is 0 Å². The number of benzene rings is 1. The Balaban J connectivity index is 2.89. The number of nitrogens with zero attached hydrogens (tertiary/aromatic N) is 1. The fraction of sp³-hybridized carbons (Fsp3) is 0.100. The SMILES string of the molecule is CSc1cc(C#N)c2ccsc2c1O. The summed E-state index contributed by atoms with van der Waals surface area (Å²) in [7, 11) is 0. The number of phenolic OH excluding ortho intramolecular Hbond substituents is 1. The van der Waals surface area contributed by atoms with Crippen LogP contribution in [0.5, 0.6) is 5.75 Å². The Bertz CT molecular complexity index is 525. The van der Waals surface area contributed by atoms with Crippen LogP contribution in [0, 0.1) is 11.3 Å². The van der Waals surface area contributed by atoms with Crippen molar-refractivity contribution in [3.05, 3.63) is 23.1 Å². The third kappa shape index (κ3) is 1.26. The molecule has 2 nitrogen and oxygen atoms in total. The minimum Gasteiger partial charge on any atom is -0.505 e. The Hall–Kier alpha value is -1.18. The van der Waals surface area contributed by atoms with Crippen LogP contribution < -0.4 is 0 Å². The molecule has 70 valence electrons. The molecule has 0 bridgehead atoms. The first-order valence-electron chi connectivity index (χ1n) is 3.95. The number of fused-ring (bicyclic) bond motifs is 1.